The maximum absolute atomic E-state index is 9.79. The van der Waals surface area contributed by atoms with Crippen molar-refractivity contribution < 1.29 is 5.11 Å². The molecule has 54 valence electrons. The summed E-state index contributed by atoms with van der Waals surface area (Å²) in [6.45, 7) is 2.00. The van der Waals surface area contributed by atoms with E-state index in [0.29, 0.717) is 0 Å². The first-order valence-electron chi connectivity index (χ1n) is 3.24. The standard InChI is InChI=1S/C6H13NO2/c1-6(7-9)4-2-3-5-8/h6,8H,2-5H2,1H3/t6-/m0/s1. The highest BCUT2D eigenvalue weighted by Gasteiger charge is 1.97. The summed E-state index contributed by atoms with van der Waals surface area (Å²) in [6.07, 6.45) is 2.47. The summed E-state index contributed by atoms with van der Waals surface area (Å²) >= 11 is 0. The Labute approximate surface area is 55.1 Å². The predicted octanol–water partition coefficient (Wildman–Crippen LogP) is 1.30. The van der Waals surface area contributed by atoms with Gasteiger partial charge < -0.3 is 5.11 Å². The molecule has 1 atom stereocenters. The van der Waals surface area contributed by atoms with Crippen molar-refractivity contribution in [2.75, 3.05) is 6.61 Å². The first kappa shape index (κ1) is 8.56. The van der Waals surface area contributed by atoms with Crippen LogP contribution in [0.3, 0.4) is 0 Å². The zero-order chi connectivity index (χ0) is 7.11. The van der Waals surface area contributed by atoms with Crippen molar-refractivity contribution in [2.24, 2.45) is 5.18 Å². The van der Waals surface area contributed by atoms with Gasteiger partial charge in [0.25, 0.3) is 0 Å². The van der Waals surface area contributed by atoms with E-state index in [1.54, 1.807) is 6.92 Å². The van der Waals surface area contributed by atoms with Crippen molar-refractivity contribution in [2.45, 2.75) is 32.2 Å². The van der Waals surface area contributed by atoms with Crippen LogP contribution in [-0.4, -0.2) is 17.8 Å². The van der Waals surface area contributed by atoms with Gasteiger partial charge in [0.15, 0.2) is 0 Å². The summed E-state index contributed by atoms with van der Waals surface area (Å²) in [6, 6.07) is -0.0865. The minimum atomic E-state index is -0.0865. The van der Waals surface area contributed by atoms with Crippen LogP contribution >= 0.6 is 0 Å². The van der Waals surface area contributed by atoms with E-state index in [9.17, 15) is 4.91 Å². The molecule has 3 heteroatoms. The normalized spacial score (nSPS) is 13.1. The summed E-state index contributed by atoms with van der Waals surface area (Å²) in [4.78, 5) is 9.79. The first-order chi connectivity index (χ1) is 4.31. The molecule has 9 heavy (non-hydrogen) atoms. The van der Waals surface area contributed by atoms with Crippen molar-refractivity contribution in [3.05, 3.63) is 4.91 Å². The fraction of sp³-hybridized carbons (Fsp3) is 1.00. The van der Waals surface area contributed by atoms with Gasteiger partial charge >= 0.3 is 0 Å². The molecule has 0 aromatic heterocycles. The van der Waals surface area contributed by atoms with Crippen LogP contribution in [0.1, 0.15) is 26.2 Å². The molecule has 0 fully saturated rings. The SMILES string of the molecule is C[C@@H](CCCCO)N=O. The van der Waals surface area contributed by atoms with Gasteiger partial charge in [0.05, 0.1) is 6.04 Å². The van der Waals surface area contributed by atoms with Crippen molar-refractivity contribution in [1.82, 2.24) is 0 Å². The fourth-order valence-corrected chi connectivity index (χ4v) is 0.604. The van der Waals surface area contributed by atoms with Gasteiger partial charge in [-0.15, -0.1) is 0 Å². The van der Waals surface area contributed by atoms with Crippen molar-refractivity contribution >= 4 is 0 Å². The van der Waals surface area contributed by atoms with E-state index in [1.165, 1.54) is 0 Å². The Kier molecular flexibility index (Phi) is 5.41. The van der Waals surface area contributed by atoms with E-state index in [4.69, 9.17) is 5.11 Å². The van der Waals surface area contributed by atoms with E-state index in [0.717, 1.165) is 19.3 Å². The van der Waals surface area contributed by atoms with Crippen LogP contribution in [-0.2, 0) is 0 Å². The average Bonchev–Trinajstić information content (AvgIpc) is 1.89. The third-order valence-electron chi connectivity index (χ3n) is 1.21. The lowest BCUT2D eigenvalue weighted by Gasteiger charge is -1.98. The van der Waals surface area contributed by atoms with Gasteiger partial charge in [0, 0.05) is 6.61 Å². The van der Waals surface area contributed by atoms with Crippen LogP contribution in [0.15, 0.2) is 5.18 Å². The van der Waals surface area contributed by atoms with E-state index in [1.807, 2.05) is 0 Å². The Hall–Kier alpha value is -0.440. The summed E-state index contributed by atoms with van der Waals surface area (Å²) in [5.74, 6) is 0. The van der Waals surface area contributed by atoms with Crippen molar-refractivity contribution in [3.63, 3.8) is 0 Å². The van der Waals surface area contributed by atoms with Crippen LogP contribution < -0.4 is 0 Å². The summed E-state index contributed by atoms with van der Waals surface area (Å²) in [5, 5.41) is 11.2. The molecule has 0 aliphatic heterocycles. The molecule has 0 saturated carbocycles. The molecule has 0 bridgehead atoms. The first-order valence-corrected chi connectivity index (χ1v) is 3.24. The quantitative estimate of drug-likeness (QED) is 0.451. The number of hydrogen-bond donors (Lipinski definition) is 1. The second kappa shape index (κ2) is 5.69. The highest BCUT2D eigenvalue weighted by Crippen LogP contribution is 2.01. The van der Waals surface area contributed by atoms with Gasteiger partial charge in [-0.1, -0.05) is 5.18 Å². The second-order valence-electron chi connectivity index (χ2n) is 2.17. The molecule has 0 aliphatic carbocycles. The Morgan fingerprint density at radius 3 is 2.67 bits per heavy atom. The van der Waals surface area contributed by atoms with Gasteiger partial charge in [-0.3, -0.25) is 0 Å². The number of aliphatic hydroxyl groups excluding tert-OH is 1. The van der Waals surface area contributed by atoms with E-state index in [-0.39, 0.29) is 12.6 Å². The monoisotopic (exact) mass is 131 g/mol. The number of rotatable bonds is 5. The molecule has 0 aromatic carbocycles. The molecule has 0 heterocycles. The smallest absolute Gasteiger partial charge is 0.0891 e. The summed E-state index contributed by atoms with van der Waals surface area (Å²) in [5.41, 5.74) is 0. The highest BCUT2D eigenvalue weighted by atomic mass is 16.3. The molecular formula is C6H13NO2. The molecule has 0 amide bonds. The molecule has 0 saturated heterocycles. The molecule has 0 unspecified atom stereocenters. The van der Waals surface area contributed by atoms with Gasteiger partial charge in [-0.25, -0.2) is 0 Å². The summed E-state index contributed by atoms with van der Waals surface area (Å²) < 4.78 is 0. The molecule has 3 nitrogen and oxygen atoms in total. The lowest BCUT2D eigenvalue weighted by Crippen LogP contribution is -1.96. The van der Waals surface area contributed by atoms with E-state index < -0.39 is 0 Å². The molecule has 0 spiro atoms. The molecule has 0 aliphatic rings. The Morgan fingerprint density at radius 2 is 2.22 bits per heavy atom. The van der Waals surface area contributed by atoms with Gasteiger partial charge in [0.1, 0.15) is 0 Å². The largest absolute Gasteiger partial charge is 0.396 e. The topological polar surface area (TPSA) is 49.7 Å². The second-order valence-corrected chi connectivity index (χ2v) is 2.17. The molecule has 0 radical (unpaired) electrons. The Balaban J connectivity index is 2.96. The Bertz CT molecular complexity index is 75.5. The molecule has 0 rings (SSSR count). The van der Waals surface area contributed by atoms with E-state index in [2.05, 4.69) is 5.18 Å². The van der Waals surface area contributed by atoms with Gasteiger partial charge in [-0.05, 0) is 26.2 Å². The minimum Gasteiger partial charge on any atom is -0.396 e. The third-order valence-corrected chi connectivity index (χ3v) is 1.21. The zero-order valence-corrected chi connectivity index (χ0v) is 5.71. The van der Waals surface area contributed by atoms with Gasteiger partial charge in [-0.2, -0.15) is 4.91 Å². The van der Waals surface area contributed by atoms with Crippen LogP contribution in [0.5, 0.6) is 0 Å². The maximum Gasteiger partial charge on any atom is 0.0891 e. The van der Waals surface area contributed by atoms with Crippen LogP contribution in [0, 0.1) is 4.91 Å². The highest BCUT2D eigenvalue weighted by molar-refractivity contribution is 4.56. The number of nitrogens with zero attached hydrogens (tertiary/aromatic N) is 1. The van der Waals surface area contributed by atoms with Crippen LogP contribution in [0.2, 0.25) is 0 Å². The lowest BCUT2D eigenvalue weighted by atomic mass is 10.1. The third kappa shape index (κ3) is 5.43. The molecule has 1 N–H and O–H groups in total. The number of hydrogen-bond acceptors (Lipinski definition) is 3. The lowest BCUT2D eigenvalue weighted by molar-refractivity contribution is 0.282. The molecule has 0 aromatic rings. The predicted molar refractivity (Wildman–Crippen MR) is 36.2 cm³/mol. The van der Waals surface area contributed by atoms with Crippen LogP contribution in [0.4, 0.5) is 0 Å². The van der Waals surface area contributed by atoms with Crippen molar-refractivity contribution in [3.8, 4) is 0 Å². The molecular weight excluding hydrogens is 118 g/mol. The minimum absolute atomic E-state index is 0.0865. The number of nitroso groups, excluding NO2 is 1. The maximum atomic E-state index is 9.79. The number of aliphatic hydroxyl groups is 1. The Morgan fingerprint density at radius 1 is 1.56 bits per heavy atom. The fourth-order valence-electron chi connectivity index (χ4n) is 0.604. The van der Waals surface area contributed by atoms with Crippen molar-refractivity contribution in [1.29, 1.82) is 0 Å². The average molecular weight is 131 g/mol. The van der Waals surface area contributed by atoms with E-state index >= 15 is 0 Å². The number of unbranched alkanes of at least 4 members (excludes halogenated alkanes) is 1. The summed E-state index contributed by atoms with van der Waals surface area (Å²) in [7, 11) is 0. The zero-order valence-electron chi connectivity index (χ0n) is 5.71. The van der Waals surface area contributed by atoms with Crippen LogP contribution in [0.25, 0.3) is 0 Å². The van der Waals surface area contributed by atoms with Gasteiger partial charge in [0.2, 0.25) is 0 Å².